The highest BCUT2D eigenvalue weighted by molar-refractivity contribution is 5.99. The third kappa shape index (κ3) is 4.43. The van der Waals surface area contributed by atoms with E-state index in [1.54, 1.807) is 18.2 Å². The molecule has 0 bridgehead atoms. The summed E-state index contributed by atoms with van der Waals surface area (Å²) in [6.45, 7) is 2.48. The summed E-state index contributed by atoms with van der Waals surface area (Å²) in [5.41, 5.74) is 6.47. The zero-order valence-corrected chi connectivity index (χ0v) is 11.5. The Morgan fingerprint density at radius 2 is 2.25 bits per heavy atom. The van der Waals surface area contributed by atoms with Crippen LogP contribution < -0.4 is 15.8 Å². The molecule has 0 saturated carbocycles. The van der Waals surface area contributed by atoms with E-state index in [1.807, 2.05) is 6.92 Å². The molecule has 0 atom stereocenters. The van der Waals surface area contributed by atoms with Crippen molar-refractivity contribution in [2.45, 2.75) is 13.3 Å². The zero-order valence-electron chi connectivity index (χ0n) is 11.5. The molecular weight excluding hydrogens is 262 g/mol. The van der Waals surface area contributed by atoms with Gasteiger partial charge in [0.05, 0.1) is 12.8 Å². The molecule has 4 N–H and O–H groups in total. The molecule has 0 aromatic heterocycles. The molecule has 110 valence electrons. The number of nitrogens with one attached hydrogen (secondary N) is 1. The maximum atomic E-state index is 11.7. The molecular formula is C13H19N3O4. The minimum absolute atomic E-state index is 0.0149. The number of anilines is 1. The number of amides is 1. The van der Waals surface area contributed by atoms with Crippen LogP contribution in [0.2, 0.25) is 0 Å². The standard InChI is InChI=1S/C13H19N3O4/c1-3-6-20-8-12(17)15-10-5-4-9(13(14)16-18)7-11(10)19-2/h4-5,7,18H,3,6,8H2,1-2H3,(H2,14,16)(H,15,17). The van der Waals surface area contributed by atoms with Gasteiger partial charge in [-0.25, -0.2) is 0 Å². The second kappa shape index (κ2) is 8.00. The van der Waals surface area contributed by atoms with Gasteiger partial charge in [-0.3, -0.25) is 4.79 Å². The van der Waals surface area contributed by atoms with E-state index in [0.29, 0.717) is 23.6 Å². The molecule has 0 heterocycles. The minimum Gasteiger partial charge on any atom is -0.495 e. The topological polar surface area (TPSA) is 106 Å². The number of carbonyl (C=O) groups is 1. The molecule has 7 heteroatoms. The number of ether oxygens (including phenoxy) is 2. The van der Waals surface area contributed by atoms with Gasteiger partial charge in [-0.15, -0.1) is 0 Å². The van der Waals surface area contributed by atoms with Crippen LogP contribution in [0.15, 0.2) is 23.4 Å². The van der Waals surface area contributed by atoms with E-state index in [1.165, 1.54) is 7.11 Å². The Hall–Kier alpha value is -2.28. The van der Waals surface area contributed by atoms with Gasteiger partial charge in [0.2, 0.25) is 5.91 Å². The molecule has 1 rings (SSSR count). The molecule has 1 aromatic carbocycles. The first-order chi connectivity index (χ1) is 9.62. The highest BCUT2D eigenvalue weighted by atomic mass is 16.5. The van der Waals surface area contributed by atoms with E-state index in [4.69, 9.17) is 20.4 Å². The Balaban J connectivity index is 2.77. The summed E-state index contributed by atoms with van der Waals surface area (Å²) in [4.78, 5) is 11.7. The SMILES string of the molecule is CCCOCC(=O)Nc1ccc(/C(N)=N/O)cc1OC. The maximum Gasteiger partial charge on any atom is 0.250 e. The minimum atomic E-state index is -0.270. The number of hydrogen-bond acceptors (Lipinski definition) is 5. The summed E-state index contributed by atoms with van der Waals surface area (Å²) in [7, 11) is 1.47. The summed E-state index contributed by atoms with van der Waals surface area (Å²) in [6, 6.07) is 4.79. The number of benzene rings is 1. The number of methoxy groups -OCH3 is 1. The molecule has 0 radical (unpaired) electrons. The molecule has 7 nitrogen and oxygen atoms in total. The molecule has 1 amide bonds. The first-order valence-corrected chi connectivity index (χ1v) is 6.15. The Morgan fingerprint density at radius 1 is 1.50 bits per heavy atom. The van der Waals surface area contributed by atoms with Crippen LogP contribution in [0.3, 0.4) is 0 Å². The number of hydrogen-bond donors (Lipinski definition) is 3. The summed E-state index contributed by atoms with van der Waals surface area (Å²) in [5.74, 6) is 0.110. The van der Waals surface area contributed by atoms with Crippen molar-refractivity contribution >= 4 is 17.4 Å². The van der Waals surface area contributed by atoms with Crippen molar-refractivity contribution in [2.24, 2.45) is 10.9 Å². The fraction of sp³-hybridized carbons (Fsp3) is 0.385. The third-order valence-corrected chi connectivity index (χ3v) is 2.46. The Labute approximate surface area is 117 Å². The van der Waals surface area contributed by atoms with Gasteiger partial charge in [-0.05, 0) is 24.6 Å². The molecule has 0 spiro atoms. The quantitative estimate of drug-likeness (QED) is 0.228. The van der Waals surface area contributed by atoms with Crippen molar-refractivity contribution in [3.63, 3.8) is 0 Å². The summed E-state index contributed by atoms with van der Waals surface area (Å²) < 4.78 is 10.3. The van der Waals surface area contributed by atoms with Crippen molar-refractivity contribution in [1.29, 1.82) is 0 Å². The first-order valence-electron chi connectivity index (χ1n) is 6.15. The van der Waals surface area contributed by atoms with Crippen molar-refractivity contribution in [1.82, 2.24) is 0 Å². The second-order valence-corrected chi connectivity index (χ2v) is 4.00. The van der Waals surface area contributed by atoms with Crippen LogP contribution in [0.25, 0.3) is 0 Å². The first kappa shape index (κ1) is 15.8. The number of nitrogens with zero attached hydrogens (tertiary/aromatic N) is 1. The molecule has 0 aliphatic carbocycles. The van der Waals surface area contributed by atoms with Crippen molar-refractivity contribution in [2.75, 3.05) is 25.6 Å². The molecule has 0 saturated heterocycles. The van der Waals surface area contributed by atoms with Crippen LogP contribution in [0, 0.1) is 0 Å². The lowest BCUT2D eigenvalue weighted by atomic mass is 10.1. The fourth-order valence-corrected chi connectivity index (χ4v) is 1.51. The smallest absolute Gasteiger partial charge is 0.250 e. The van der Waals surface area contributed by atoms with E-state index in [9.17, 15) is 4.79 Å². The molecule has 1 aromatic rings. The number of carbonyl (C=O) groups excluding carboxylic acids is 1. The van der Waals surface area contributed by atoms with Gasteiger partial charge < -0.3 is 25.7 Å². The monoisotopic (exact) mass is 281 g/mol. The molecule has 20 heavy (non-hydrogen) atoms. The number of nitrogens with two attached hydrogens (primary N) is 1. The van der Waals surface area contributed by atoms with Crippen molar-refractivity contribution in [3.8, 4) is 5.75 Å². The number of oxime groups is 1. The number of rotatable bonds is 7. The van der Waals surface area contributed by atoms with E-state index in [0.717, 1.165) is 6.42 Å². The Morgan fingerprint density at radius 3 is 2.85 bits per heavy atom. The fourth-order valence-electron chi connectivity index (χ4n) is 1.51. The lowest BCUT2D eigenvalue weighted by Crippen LogP contribution is -2.19. The molecule has 0 fully saturated rings. The van der Waals surface area contributed by atoms with E-state index >= 15 is 0 Å². The molecule has 0 aliphatic rings. The largest absolute Gasteiger partial charge is 0.495 e. The second-order valence-electron chi connectivity index (χ2n) is 4.00. The van der Waals surface area contributed by atoms with Crippen LogP contribution in [0.5, 0.6) is 5.75 Å². The van der Waals surface area contributed by atoms with E-state index in [-0.39, 0.29) is 18.3 Å². The van der Waals surface area contributed by atoms with Crippen molar-refractivity contribution < 1.29 is 19.5 Å². The lowest BCUT2D eigenvalue weighted by molar-refractivity contribution is -0.120. The normalized spacial score (nSPS) is 11.2. The predicted molar refractivity (Wildman–Crippen MR) is 75.2 cm³/mol. The van der Waals surface area contributed by atoms with Crippen molar-refractivity contribution in [3.05, 3.63) is 23.8 Å². The Kier molecular flexibility index (Phi) is 6.31. The lowest BCUT2D eigenvalue weighted by Gasteiger charge is -2.11. The average molecular weight is 281 g/mol. The van der Waals surface area contributed by atoms with Gasteiger partial charge in [0, 0.05) is 12.2 Å². The van der Waals surface area contributed by atoms with Gasteiger partial charge in [0.25, 0.3) is 0 Å². The van der Waals surface area contributed by atoms with Crippen LogP contribution in [0.1, 0.15) is 18.9 Å². The summed E-state index contributed by atoms with van der Waals surface area (Å²) in [6.07, 6.45) is 0.852. The zero-order chi connectivity index (χ0) is 15.0. The van der Waals surface area contributed by atoms with Gasteiger partial charge in [-0.2, -0.15) is 0 Å². The van der Waals surface area contributed by atoms with Crippen LogP contribution in [-0.2, 0) is 9.53 Å². The summed E-state index contributed by atoms with van der Waals surface area (Å²) in [5, 5.41) is 14.2. The predicted octanol–water partition coefficient (Wildman–Crippen LogP) is 1.15. The highest BCUT2D eigenvalue weighted by Gasteiger charge is 2.10. The Bertz CT molecular complexity index is 489. The van der Waals surface area contributed by atoms with Gasteiger partial charge in [-0.1, -0.05) is 12.1 Å². The molecule has 0 unspecified atom stereocenters. The third-order valence-electron chi connectivity index (χ3n) is 2.46. The maximum absolute atomic E-state index is 11.7. The summed E-state index contributed by atoms with van der Waals surface area (Å²) >= 11 is 0. The van der Waals surface area contributed by atoms with Gasteiger partial charge >= 0.3 is 0 Å². The molecule has 0 aliphatic heterocycles. The average Bonchev–Trinajstić information content (AvgIpc) is 2.47. The van der Waals surface area contributed by atoms with Crippen LogP contribution in [-0.4, -0.2) is 37.3 Å². The highest BCUT2D eigenvalue weighted by Crippen LogP contribution is 2.25. The van der Waals surface area contributed by atoms with Crippen LogP contribution in [0.4, 0.5) is 5.69 Å². The van der Waals surface area contributed by atoms with E-state index in [2.05, 4.69) is 10.5 Å². The van der Waals surface area contributed by atoms with Gasteiger partial charge in [0.15, 0.2) is 5.84 Å². The van der Waals surface area contributed by atoms with Crippen LogP contribution >= 0.6 is 0 Å². The number of amidine groups is 1. The van der Waals surface area contributed by atoms with E-state index < -0.39 is 0 Å². The van der Waals surface area contributed by atoms with Gasteiger partial charge in [0.1, 0.15) is 12.4 Å².